The minimum Gasteiger partial charge on any atom is -0.362 e. The van der Waals surface area contributed by atoms with Crippen molar-refractivity contribution in [3.63, 3.8) is 0 Å². The standard InChI is InChI=1S/C11H21F3N2O2/c1-10(2,4-3-5-15)7-16-9(17)6-18-8-11(12,13)14/h3-8,15H2,1-2H3,(H,16,17). The molecule has 108 valence electrons. The number of hydrogen-bond acceptors (Lipinski definition) is 3. The number of ether oxygens (including phenoxy) is 1. The largest absolute Gasteiger partial charge is 0.411 e. The predicted octanol–water partition coefficient (Wildman–Crippen LogP) is 1.45. The van der Waals surface area contributed by atoms with Crippen LogP contribution in [0.4, 0.5) is 13.2 Å². The van der Waals surface area contributed by atoms with Gasteiger partial charge in [0.1, 0.15) is 13.2 Å². The van der Waals surface area contributed by atoms with Crippen molar-refractivity contribution in [2.75, 3.05) is 26.3 Å². The molecule has 7 heteroatoms. The summed E-state index contributed by atoms with van der Waals surface area (Å²) < 4.78 is 39.5. The minimum absolute atomic E-state index is 0.126. The summed E-state index contributed by atoms with van der Waals surface area (Å²) >= 11 is 0. The Balaban J connectivity index is 3.76. The fourth-order valence-electron chi connectivity index (χ4n) is 1.32. The first-order valence-electron chi connectivity index (χ1n) is 5.77. The van der Waals surface area contributed by atoms with Gasteiger partial charge in [-0.1, -0.05) is 13.8 Å². The number of rotatable bonds is 8. The number of nitrogens with one attached hydrogen (secondary N) is 1. The van der Waals surface area contributed by atoms with E-state index in [0.29, 0.717) is 13.1 Å². The first kappa shape index (κ1) is 17.2. The van der Waals surface area contributed by atoms with Crippen LogP contribution in [-0.2, 0) is 9.53 Å². The Labute approximate surface area is 105 Å². The molecule has 0 aliphatic carbocycles. The molecule has 0 aromatic rings. The molecule has 1 amide bonds. The summed E-state index contributed by atoms with van der Waals surface area (Å²) in [5.41, 5.74) is 5.26. The lowest BCUT2D eigenvalue weighted by Crippen LogP contribution is -2.37. The molecule has 3 N–H and O–H groups in total. The van der Waals surface area contributed by atoms with E-state index in [1.54, 1.807) is 0 Å². The highest BCUT2D eigenvalue weighted by Gasteiger charge is 2.28. The molecule has 0 aromatic heterocycles. The van der Waals surface area contributed by atoms with Gasteiger partial charge < -0.3 is 15.8 Å². The molecule has 0 heterocycles. The van der Waals surface area contributed by atoms with Gasteiger partial charge >= 0.3 is 6.18 Å². The van der Waals surface area contributed by atoms with E-state index in [9.17, 15) is 18.0 Å². The van der Waals surface area contributed by atoms with E-state index in [-0.39, 0.29) is 5.41 Å². The van der Waals surface area contributed by atoms with Gasteiger partial charge in [0.25, 0.3) is 0 Å². The van der Waals surface area contributed by atoms with Crippen molar-refractivity contribution in [3.8, 4) is 0 Å². The molecule has 0 rings (SSSR count). The minimum atomic E-state index is -4.40. The maximum Gasteiger partial charge on any atom is 0.411 e. The highest BCUT2D eigenvalue weighted by Crippen LogP contribution is 2.20. The van der Waals surface area contributed by atoms with E-state index in [1.807, 2.05) is 13.8 Å². The molecule has 0 radical (unpaired) electrons. The Bertz CT molecular complexity index is 255. The number of amides is 1. The Kier molecular flexibility index (Phi) is 7.23. The van der Waals surface area contributed by atoms with Crippen LogP contribution in [0.2, 0.25) is 0 Å². The van der Waals surface area contributed by atoms with Crippen LogP contribution in [0.15, 0.2) is 0 Å². The zero-order valence-electron chi connectivity index (χ0n) is 10.8. The predicted molar refractivity (Wildman–Crippen MR) is 62.0 cm³/mol. The Morgan fingerprint density at radius 1 is 1.33 bits per heavy atom. The van der Waals surface area contributed by atoms with Crippen LogP contribution < -0.4 is 11.1 Å². The van der Waals surface area contributed by atoms with E-state index >= 15 is 0 Å². The highest BCUT2D eigenvalue weighted by molar-refractivity contribution is 5.77. The van der Waals surface area contributed by atoms with Crippen molar-refractivity contribution in [1.29, 1.82) is 0 Å². The third-order valence-electron chi connectivity index (χ3n) is 2.32. The smallest absolute Gasteiger partial charge is 0.362 e. The normalized spacial score (nSPS) is 12.6. The fraction of sp³-hybridized carbons (Fsp3) is 0.909. The lowest BCUT2D eigenvalue weighted by atomic mass is 9.88. The second-order valence-electron chi connectivity index (χ2n) is 4.94. The van der Waals surface area contributed by atoms with Gasteiger partial charge in [-0.3, -0.25) is 4.79 Å². The van der Waals surface area contributed by atoms with Crippen molar-refractivity contribution in [2.45, 2.75) is 32.9 Å². The highest BCUT2D eigenvalue weighted by atomic mass is 19.4. The Morgan fingerprint density at radius 2 is 1.94 bits per heavy atom. The summed E-state index contributed by atoms with van der Waals surface area (Å²) in [5, 5.41) is 2.55. The number of nitrogens with two attached hydrogens (primary N) is 1. The number of carbonyl (C=O) groups is 1. The molecule has 0 aliphatic rings. The molecule has 0 aliphatic heterocycles. The Hall–Kier alpha value is -0.820. The van der Waals surface area contributed by atoms with Crippen LogP contribution in [0.3, 0.4) is 0 Å². The second kappa shape index (κ2) is 7.58. The second-order valence-corrected chi connectivity index (χ2v) is 4.94. The molecule has 0 spiro atoms. The maximum atomic E-state index is 11.8. The molecule has 18 heavy (non-hydrogen) atoms. The average molecular weight is 270 g/mol. The first-order valence-corrected chi connectivity index (χ1v) is 5.77. The van der Waals surface area contributed by atoms with Crippen LogP contribution in [0.5, 0.6) is 0 Å². The molecule has 0 saturated heterocycles. The van der Waals surface area contributed by atoms with Gasteiger partial charge in [0, 0.05) is 6.54 Å². The van der Waals surface area contributed by atoms with E-state index in [1.165, 1.54) is 0 Å². The fourth-order valence-corrected chi connectivity index (χ4v) is 1.32. The quantitative estimate of drug-likeness (QED) is 0.701. The SMILES string of the molecule is CC(C)(CCCN)CNC(=O)COCC(F)(F)F. The molecule has 0 unspecified atom stereocenters. The molecule has 0 fully saturated rings. The van der Waals surface area contributed by atoms with Gasteiger partial charge in [0.15, 0.2) is 0 Å². The molecular formula is C11H21F3N2O2. The summed E-state index contributed by atoms with van der Waals surface area (Å²) in [6.45, 7) is 2.90. The number of carbonyl (C=O) groups excluding carboxylic acids is 1. The summed E-state index contributed by atoms with van der Waals surface area (Å²) in [6, 6.07) is 0. The van der Waals surface area contributed by atoms with Gasteiger partial charge in [0.2, 0.25) is 5.91 Å². The Morgan fingerprint density at radius 3 is 2.44 bits per heavy atom. The van der Waals surface area contributed by atoms with Gasteiger partial charge in [-0.25, -0.2) is 0 Å². The van der Waals surface area contributed by atoms with Crippen LogP contribution >= 0.6 is 0 Å². The van der Waals surface area contributed by atoms with Crippen molar-refractivity contribution >= 4 is 5.91 Å². The summed E-state index contributed by atoms with van der Waals surface area (Å²) in [4.78, 5) is 11.2. The molecule has 0 aromatic carbocycles. The number of alkyl halides is 3. The number of hydrogen-bond donors (Lipinski definition) is 2. The van der Waals surface area contributed by atoms with E-state index in [2.05, 4.69) is 10.1 Å². The zero-order valence-corrected chi connectivity index (χ0v) is 10.8. The first-order chi connectivity index (χ1) is 8.16. The monoisotopic (exact) mass is 270 g/mol. The van der Waals surface area contributed by atoms with Crippen LogP contribution in [-0.4, -0.2) is 38.4 Å². The van der Waals surface area contributed by atoms with Gasteiger partial charge in [-0.15, -0.1) is 0 Å². The van der Waals surface area contributed by atoms with Crippen LogP contribution in [0.1, 0.15) is 26.7 Å². The van der Waals surface area contributed by atoms with Crippen molar-refractivity contribution < 1.29 is 22.7 Å². The molecule has 0 atom stereocenters. The lowest BCUT2D eigenvalue weighted by molar-refractivity contribution is -0.175. The van der Waals surface area contributed by atoms with Crippen molar-refractivity contribution in [3.05, 3.63) is 0 Å². The summed E-state index contributed by atoms with van der Waals surface area (Å²) in [5.74, 6) is -0.542. The lowest BCUT2D eigenvalue weighted by Gasteiger charge is -2.24. The molecule has 0 saturated carbocycles. The topological polar surface area (TPSA) is 64.3 Å². The average Bonchev–Trinajstić information content (AvgIpc) is 2.22. The third kappa shape index (κ3) is 10.3. The maximum absolute atomic E-state index is 11.8. The number of halogens is 3. The van der Waals surface area contributed by atoms with Crippen molar-refractivity contribution in [2.24, 2.45) is 11.1 Å². The summed E-state index contributed by atoms with van der Waals surface area (Å²) in [6.07, 6.45) is -2.72. The van der Waals surface area contributed by atoms with E-state index < -0.39 is 25.3 Å². The van der Waals surface area contributed by atoms with Gasteiger partial charge in [0.05, 0.1) is 0 Å². The van der Waals surface area contributed by atoms with Crippen molar-refractivity contribution in [1.82, 2.24) is 5.32 Å². The van der Waals surface area contributed by atoms with E-state index in [0.717, 1.165) is 12.8 Å². The molecular weight excluding hydrogens is 249 g/mol. The van der Waals surface area contributed by atoms with Gasteiger partial charge in [-0.2, -0.15) is 13.2 Å². The zero-order chi connectivity index (χ0) is 14.2. The van der Waals surface area contributed by atoms with Crippen LogP contribution in [0, 0.1) is 5.41 Å². The van der Waals surface area contributed by atoms with Gasteiger partial charge in [-0.05, 0) is 24.8 Å². The summed E-state index contributed by atoms with van der Waals surface area (Å²) in [7, 11) is 0. The molecule has 4 nitrogen and oxygen atoms in total. The molecule has 0 bridgehead atoms. The van der Waals surface area contributed by atoms with Crippen LogP contribution in [0.25, 0.3) is 0 Å². The third-order valence-corrected chi connectivity index (χ3v) is 2.32. The van der Waals surface area contributed by atoms with E-state index in [4.69, 9.17) is 5.73 Å².